The fourth-order valence-electron chi connectivity index (χ4n) is 4.03. The van der Waals surface area contributed by atoms with E-state index in [2.05, 4.69) is 39.0 Å². The van der Waals surface area contributed by atoms with Gasteiger partial charge in [-0.3, -0.25) is 4.90 Å². The number of rotatable bonds is 9. The Labute approximate surface area is 169 Å². The third-order valence-corrected chi connectivity index (χ3v) is 5.73. The predicted molar refractivity (Wildman–Crippen MR) is 112 cm³/mol. The molecule has 1 saturated heterocycles. The third-order valence-electron chi connectivity index (χ3n) is 5.73. The molecule has 2 amide bonds. The standard InChI is InChI=1S/C22H36N4O2/c27-22(24-12-6-11-23-21-9-2-1-3-10-21)25-17-19-7-4-5-8-20(19)18-26-13-15-28-16-14-26/h4-5,7-8,21,23H,1-3,6,9-18H2,(H2,24,25,27). The molecule has 3 rings (SSSR count). The summed E-state index contributed by atoms with van der Waals surface area (Å²) in [5.41, 5.74) is 2.46. The second-order valence-corrected chi connectivity index (χ2v) is 7.91. The zero-order valence-corrected chi connectivity index (χ0v) is 17.0. The van der Waals surface area contributed by atoms with E-state index in [1.54, 1.807) is 0 Å². The number of amides is 2. The Morgan fingerprint density at radius 1 is 1.00 bits per heavy atom. The number of hydrogen-bond acceptors (Lipinski definition) is 4. The third kappa shape index (κ3) is 7.41. The average molecular weight is 389 g/mol. The molecule has 0 unspecified atom stereocenters. The van der Waals surface area contributed by atoms with Crippen LogP contribution in [-0.4, -0.2) is 56.4 Å². The molecule has 0 radical (unpaired) electrons. The second-order valence-electron chi connectivity index (χ2n) is 7.91. The van der Waals surface area contributed by atoms with E-state index in [-0.39, 0.29) is 6.03 Å². The van der Waals surface area contributed by atoms with Gasteiger partial charge in [0.15, 0.2) is 0 Å². The summed E-state index contributed by atoms with van der Waals surface area (Å²) >= 11 is 0. The van der Waals surface area contributed by atoms with E-state index >= 15 is 0 Å². The predicted octanol–water partition coefficient (Wildman–Crippen LogP) is 2.63. The molecular weight excluding hydrogens is 352 g/mol. The van der Waals surface area contributed by atoms with Crippen molar-refractivity contribution in [3.05, 3.63) is 35.4 Å². The number of carbonyl (C=O) groups is 1. The van der Waals surface area contributed by atoms with E-state index in [0.717, 1.165) is 45.8 Å². The largest absolute Gasteiger partial charge is 0.379 e. The van der Waals surface area contributed by atoms with Crippen molar-refractivity contribution in [2.45, 2.75) is 57.7 Å². The number of urea groups is 1. The summed E-state index contributed by atoms with van der Waals surface area (Å²) in [6.07, 6.45) is 7.67. The van der Waals surface area contributed by atoms with Gasteiger partial charge in [-0.15, -0.1) is 0 Å². The van der Waals surface area contributed by atoms with Crippen LogP contribution in [0.1, 0.15) is 49.7 Å². The molecule has 156 valence electrons. The van der Waals surface area contributed by atoms with Crippen LogP contribution in [0.5, 0.6) is 0 Å². The van der Waals surface area contributed by atoms with Crippen LogP contribution in [0.25, 0.3) is 0 Å². The van der Waals surface area contributed by atoms with Crippen molar-refractivity contribution in [2.24, 2.45) is 0 Å². The Kier molecular flexibility index (Phi) is 9.07. The van der Waals surface area contributed by atoms with Crippen LogP contribution in [0, 0.1) is 0 Å². The maximum Gasteiger partial charge on any atom is 0.315 e. The van der Waals surface area contributed by atoms with Gasteiger partial charge < -0.3 is 20.7 Å². The highest BCUT2D eigenvalue weighted by Crippen LogP contribution is 2.17. The fourth-order valence-corrected chi connectivity index (χ4v) is 4.03. The number of ether oxygens (including phenoxy) is 1. The number of hydrogen-bond donors (Lipinski definition) is 3. The van der Waals surface area contributed by atoms with Crippen LogP contribution in [0.2, 0.25) is 0 Å². The van der Waals surface area contributed by atoms with Crippen molar-refractivity contribution >= 4 is 6.03 Å². The minimum atomic E-state index is -0.0844. The van der Waals surface area contributed by atoms with Gasteiger partial charge in [0.05, 0.1) is 13.2 Å². The van der Waals surface area contributed by atoms with Crippen LogP contribution < -0.4 is 16.0 Å². The Bertz CT molecular complexity index is 584. The Balaban J connectivity index is 1.31. The van der Waals surface area contributed by atoms with E-state index in [1.165, 1.54) is 43.2 Å². The molecule has 0 aromatic heterocycles. The van der Waals surface area contributed by atoms with Crippen molar-refractivity contribution < 1.29 is 9.53 Å². The summed E-state index contributed by atoms with van der Waals surface area (Å²) in [7, 11) is 0. The summed E-state index contributed by atoms with van der Waals surface area (Å²) in [6, 6.07) is 8.96. The lowest BCUT2D eigenvalue weighted by Crippen LogP contribution is -2.38. The monoisotopic (exact) mass is 388 g/mol. The van der Waals surface area contributed by atoms with E-state index in [9.17, 15) is 4.79 Å². The van der Waals surface area contributed by atoms with Gasteiger partial charge >= 0.3 is 6.03 Å². The molecular formula is C22H36N4O2. The minimum absolute atomic E-state index is 0.0844. The molecule has 3 N–H and O–H groups in total. The molecule has 6 nitrogen and oxygen atoms in total. The number of benzene rings is 1. The molecule has 2 fully saturated rings. The molecule has 1 heterocycles. The Morgan fingerprint density at radius 3 is 2.54 bits per heavy atom. The molecule has 1 aliphatic carbocycles. The molecule has 1 aromatic rings. The SMILES string of the molecule is O=C(NCCCNC1CCCCC1)NCc1ccccc1CN1CCOCC1. The summed E-state index contributed by atoms with van der Waals surface area (Å²) < 4.78 is 5.42. The van der Waals surface area contributed by atoms with Crippen LogP contribution in [0.4, 0.5) is 4.79 Å². The highest BCUT2D eigenvalue weighted by atomic mass is 16.5. The topological polar surface area (TPSA) is 65.6 Å². The maximum atomic E-state index is 12.1. The fraction of sp³-hybridized carbons (Fsp3) is 0.682. The number of carbonyl (C=O) groups excluding carboxylic acids is 1. The smallest absolute Gasteiger partial charge is 0.315 e. The zero-order chi connectivity index (χ0) is 19.4. The molecule has 6 heteroatoms. The molecule has 0 atom stereocenters. The molecule has 1 aliphatic heterocycles. The van der Waals surface area contributed by atoms with Gasteiger partial charge in [0, 0.05) is 38.8 Å². The van der Waals surface area contributed by atoms with E-state index in [4.69, 9.17) is 4.74 Å². The first-order valence-corrected chi connectivity index (χ1v) is 10.9. The molecule has 1 aromatic carbocycles. The van der Waals surface area contributed by atoms with Crippen molar-refractivity contribution in [3.63, 3.8) is 0 Å². The summed E-state index contributed by atoms with van der Waals surface area (Å²) in [4.78, 5) is 14.5. The van der Waals surface area contributed by atoms with Gasteiger partial charge in [0.2, 0.25) is 0 Å². The lowest BCUT2D eigenvalue weighted by atomic mass is 9.95. The van der Waals surface area contributed by atoms with Crippen molar-refractivity contribution in [1.82, 2.24) is 20.9 Å². The van der Waals surface area contributed by atoms with Gasteiger partial charge in [-0.25, -0.2) is 4.79 Å². The number of nitrogens with zero attached hydrogens (tertiary/aromatic N) is 1. The summed E-state index contributed by atoms with van der Waals surface area (Å²) in [6.45, 7) is 6.71. The zero-order valence-electron chi connectivity index (χ0n) is 17.0. The molecule has 28 heavy (non-hydrogen) atoms. The molecule has 1 saturated carbocycles. The molecule has 0 spiro atoms. The highest BCUT2D eigenvalue weighted by Gasteiger charge is 2.13. The number of morpholine rings is 1. The van der Waals surface area contributed by atoms with Crippen molar-refractivity contribution in [3.8, 4) is 0 Å². The molecule has 2 aliphatic rings. The Hall–Kier alpha value is -1.63. The molecule has 0 bridgehead atoms. The van der Waals surface area contributed by atoms with Crippen LogP contribution >= 0.6 is 0 Å². The quantitative estimate of drug-likeness (QED) is 0.569. The minimum Gasteiger partial charge on any atom is -0.379 e. The van der Waals surface area contributed by atoms with Crippen LogP contribution in [0.15, 0.2) is 24.3 Å². The lowest BCUT2D eigenvalue weighted by Gasteiger charge is -2.27. The first-order chi connectivity index (χ1) is 13.8. The highest BCUT2D eigenvalue weighted by molar-refractivity contribution is 5.73. The second kappa shape index (κ2) is 12.0. The first kappa shape index (κ1) is 21.1. The van der Waals surface area contributed by atoms with Gasteiger partial charge in [0.1, 0.15) is 0 Å². The summed E-state index contributed by atoms with van der Waals surface area (Å²) in [5, 5.41) is 9.59. The normalized spacial score (nSPS) is 18.7. The van der Waals surface area contributed by atoms with E-state index < -0.39 is 0 Å². The van der Waals surface area contributed by atoms with E-state index in [0.29, 0.717) is 19.1 Å². The van der Waals surface area contributed by atoms with Gasteiger partial charge in [-0.1, -0.05) is 43.5 Å². The number of nitrogens with one attached hydrogen (secondary N) is 3. The van der Waals surface area contributed by atoms with Gasteiger partial charge in [-0.05, 0) is 36.9 Å². The first-order valence-electron chi connectivity index (χ1n) is 10.9. The van der Waals surface area contributed by atoms with Crippen molar-refractivity contribution in [1.29, 1.82) is 0 Å². The van der Waals surface area contributed by atoms with Crippen LogP contribution in [0.3, 0.4) is 0 Å². The maximum absolute atomic E-state index is 12.1. The van der Waals surface area contributed by atoms with Crippen molar-refractivity contribution in [2.75, 3.05) is 39.4 Å². The Morgan fingerprint density at radius 2 is 1.75 bits per heavy atom. The van der Waals surface area contributed by atoms with Gasteiger partial charge in [0.25, 0.3) is 0 Å². The van der Waals surface area contributed by atoms with Crippen LogP contribution in [-0.2, 0) is 17.8 Å². The average Bonchev–Trinajstić information content (AvgIpc) is 2.74. The van der Waals surface area contributed by atoms with E-state index in [1.807, 2.05) is 6.07 Å². The van der Waals surface area contributed by atoms with Gasteiger partial charge in [-0.2, -0.15) is 0 Å². The summed E-state index contributed by atoms with van der Waals surface area (Å²) in [5.74, 6) is 0. The lowest BCUT2D eigenvalue weighted by molar-refractivity contribution is 0.0341.